The van der Waals surface area contributed by atoms with Crippen LogP contribution in [0.5, 0.6) is 0 Å². The highest BCUT2D eigenvalue weighted by atomic mass is 35.5. The van der Waals surface area contributed by atoms with Crippen molar-refractivity contribution in [3.05, 3.63) is 65.2 Å². The van der Waals surface area contributed by atoms with E-state index < -0.39 is 0 Å². The lowest BCUT2D eigenvalue weighted by Crippen LogP contribution is -2.35. The number of ether oxygens (including phenoxy) is 1. The summed E-state index contributed by atoms with van der Waals surface area (Å²) in [7, 11) is 1.61. The topological polar surface area (TPSA) is 51.2 Å². The minimum Gasteiger partial charge on any atom is -0.383 e. The van der Waals surface area contributed by atoms with Gasteiger partial charge >= 0.3 is 0 Å². The molecule has 0 unspecified atom stereocenters. The maximum atomic E-state index is 12.8. The number of amides is 1. The maximum Gasteiger partial charge on any atom is 0.252 e. The van der Waals surface area contributed by atoms with Gasteiger partial charge in [0.15, 0.2) is 0 Å². The molecule has 0 saturated heterocycles. The Morgan fingerprint density at radius 3 is 2.64 bits per heavy atom. The summed E-state index contributed by atoms with van der Waals surface area (Å²) < 4.78 is 5.09. The number of nitrogens with zero attached hydrogens (tertiary/aromatic N) is 1. The molecule has 0 saturated carbocycles. The van der Waals surface area contributed by atoms with Gasteiger partial charge in [-0.05, 0) is 31.2 Å². The second-order valence-electron chi connectivity index (χ2n) is 5.91. The molecule has 1 heterocycles. The van der Waals surface area contributed by atoms with Crippen molar-refractivity contribution in [2.24, 2.45) is 0 Å². The second-order valence-corrected chi connectivity index (χ2v) is 6.35. The highest BCUT2D eigenvalue weighted by Gasteiger charge is 2.15. The number of pyridine rings is 1. The SMILES string of the molecule is COC[C@H](C)NC(=O)c1cc(-c2ccc(Cl)cc2)nc2ccccc12. The van der Waals surface area contributed by atoms with E-state index >= 15 is 0 Å². The van der Waals surface area contributed by atoms with E-state index in [1.54, 1.807) is 7.11 Å². The van der Waals surface area contributed by atoms with Crippen LogP contribution in [0.3, 0.4) is 0 Å². The van der Waals surface area contributed by atoms with Crippen LogP contribution in [0.25, 0.3) is 22.2 Å². The molecule has 4 nitrogen and oxygen atoms in total. The van der Waals surface area contributed by atoms with E-state index in [1.807, 2.05) is 61.5 Å². The Balaban J connectivity index is 2.06. The molecule has 1 atom stereocenters. The van der Waals surface area contributed by atoms with Crippen LogP contribution in [-0.2, 0) is 4.74 Å². The van der Waals surface area contributed by atoms with E-state index in [0.717, 1.165) is 22.2 Å². The summed E-state index contributed by atoms with van der Waals surface area (Å²) in [6.07, 6.45) is 0. The first-order chi connectivity index (χ1) is 12.1. The summed E-state index contributed by atoms with van der Waals surface area (Å²) >= 11 is 5.97. The van der Waals surface area contributed by atoms with Gasteiger partial charge in [0.2, 0.25) is 0 Å². The highest BCUT2D eigenvalue weighted by Crippen LogP contribution is 2.26. The van der Waals surface area contributed by atoms with E-state index in [-0.39, 0.29) is 11.9 Å². The number of aromatic nitrogens is 1. The first-order valence-electron chi connectivity index (χ1n) is 8.04. The predicted molar refractivity (Wildman–Crippen MR) is 101 cm³/mol. The number of hydrogen-bond acceptors (Lipinski definition) is 3. The number of methoxy groups -OCH3 is 1. The van der Waals surface area contributed by atoms with Crippen LogP contribution < -0.4 is 5.32 Å². The van der Waals surface area contributed by atoms with Gasteiger partial charge in [0, 0.05) is 29.1 Å². The zero-order valence-electron chi connectivity index (χ0n) is 14.1. The Morgan fingerprint density at radius 2 is 1.92 bits per heavy atom. The van der Waals surface area contributed by atoms with Crippen LogP contribution in [0.4, 0.5) is 0 Å². The van der Waals surface area contributed by atoms with Gasteiger partial charge < -0.3 is 10.1 Å². The number of benzene rings is 2. The third-order valence-corrected chi connectivity index (χ3v) is 4.15. The van der Waals surface area contributed by atoms with Crippen molar-refractivity contribution in [2.75, 3.05) is 13.7 Å². The minimum absolute atomic E-state index is 0.0802. The Kier molecular flexibility index (Phi) is 5.31. The van der Waals surface area contributed by atoms with Gasteiger partial charge in [-0.15, -0.1) is 0 Å². The Bertz CT molecular complexity index is 894. The summed E-state index contributed by atoms with van der Waals surface area (Å²) in [5.74, 6) is -0.140. The van der Waals surface area contributed by atoms with E-state index in [4.69, 9.17) is 16.3 Å². The molecule has 1 aromatic heterocycles. The molecule has 128 valence electrons. The fraction of sp³-hybridized carbons (Fsp3) is 0.200. The smallest absolute Gasteiger partial charge is 0.252 e. The van der Waals surface area contributed by atoms with Crippen LogP contribution in [0.1, 0.15) is 17.3 Å². The molecular formula is C20H19ClN2O2. The molecule has 1 N–H and O–H groups in total. The number of hydrogen-bond donors (Lipinski definition) is 1. The lowest BCUT2D eigenvalue weighted by atomic mass is 10.0. The summed E-state index contributed by atoms with van der Waals surface area (Å²) in [4.78, 5) is 17.5. The van der Waals surface area contributed by atoms with Gasteiger partial charge in [0.25, 0.3) is 5.91 Å². The molecular weight excluding hydrogens is 336 g/mol. The van der Waals surface area contributed by atoms with E-state index in [2.05, 4.69) is 10.3 Å². The Morgan fingerprint density at radius 1 is 1.20 bits per heavy atom. The Hall–Kier alpha value is -2.43. The van der Waals surface area contributed by atoms with Crippen molar-refractivity contribution in [1.29, 1.82) is 0 Å². The predicted octanol–water partition coefficient (Wildman–Crippen LogP) is 4.32. The summed E-state index contributed by atoms with van der Waals surface area (Å²) in [6, 6.07) is 16.8. The minimum atomic E-state index is -0.140. The van der Waals surface area contributed by atoms with Gasteiger partial charge in [-0.25, -0.2) is 4.98 Å². The normalized spacial score (nSPS) is 12.1. The number of nitrogens with one attached hydrogen (secondary N) is 1. The number of para-hydroxylation sites is 1. The molecule has 3 rings (SSSR count). The number of fused-ring (bicyclic) bond motifs is 1. The number of carbonyl (C=O) groups is 1. The average Bonchev–Trinajstić information content (AvgIpc) is 2.61. The molecule has 0 aliphatic carbocycles. The first-order valence-corrected chi connectivity index (χ1v) is 8.42. The molecule has 2 aromatic carbocycles. The van der Waals surface area contributed by atoms with Gasteiger partial charge in [-0.2, -0.15) is 0 Å². The maximum absolute atomic E-state index is 12.8. The summed E-state index contributed by atoms with van der Waals surface area (Å²) in [5.41, 5.74) is 3.02. The zero-order chi connectivity index (χ0) is 17.8. The highest BCUT2D eigenvalue weighted by molar-refractivity contribution is 6.30. The van der Waals surface area contributed by atoms with Crippen molar-refractivity contribution in [3.8, 4) is 11.3 Å². The van der Waals surface area contributed by atoms with Gasteiger partial charge in [0.05, 0.1) is 23.4 Å². The van der Waals surface area contributed by atoms with E-state index in [9.17, 15) is 4.79 Å². The zero-order valence-corrected chi connectivity index (χ0v) is 14.9. The van der Waals surface area contributed by atoms with Crippen molar-refractivity contribution in [2.45, 2.75) is 13.0 Å². The van der Waals surface area contributed by atoms with Crippen molar-refractivity contribution < 1.29 is 9.53 Å². The fourth-order valence-electron chi connectivity index (χ4n) is 2.73. The first kappa shape index (κ1) is 17.4. The molecule has 1 amide bonds. The van der Waals surface area contributed by atoms with Gasteiger partial charge in [-0.1, -0.05) is 41.9 Å². The van der Waals surface area contributed by atoms with Crippen LogP contribution >= 0.6 is 11.6 Å². The third-order valence-electron chi connectivity index (χ3n) is 3.89. The fourth-order valence-corrected chi connectivity index (χ4v) is 2.85. The molecule has 0 bridgehead atoms. The monoisotopic (exact) mass is 354 g/mol. The molecule has 5 heteroatoms. The van der Waals surface area contributed by atoms with E-state index in [1.165, 1.54) is 0 Å². The van der Waals surface area contributed by atoms with Crippen LogP contribution in [0, 0.1) is 0 Å². The van der Waals surface area contributed by atoms with Crippen molar-refractivity contribution in [3.63, 3.8) is 0 Å². The van der Waals surface area contributed by atoms with Gasteiger partial charge in [0.1, 0.15) is 0 Å². The molecule has 0 fully saturated rings. The largest absolute Gasteiger partial charge is 0.383 e. The summed E-state index contributed by atoms with van der Waals surface area (Å²) in [5, 5.41) is 4.45. The van der Waals surface area contributed by atoms with E-state index in [0.29, 0.717) is 17.2 Å². The Labute approximate surface area is 151 Å². The molecule has 0 radical (unpaired) electrons. The molecule has 25 heavy (non-hydrogen) atoms. The van der Waals surface area contributed by atoms with Crippen molar-refractivity contribution in [1.82, 2.24) is 10.3 Å². The second kappa shape index (κ2) is 7.64. The van der Waals surface area contributed by atoms with Gasteiger partial charge in [-0.3, -0.25) is 4.79 Å². The standard InChI is InChI=1S/C20H19ClN2O2/c1-13(12-25-2)22-20(24)17-11-19(14-7-9-15(21)10-8-14)23-18-6-4-3-5-16(17)18/h3-11,13H,12H2,1-2H3,(H,22,24)/t13-/m0/s1. The lowest BCUT2D eigenvalue weighted by Gasteiger charge is -2.15. The molecule has 0 spiro atoms. The molecule has 0 aliphatic heterocycles. The average molecular weight is 355 g/mol. The molecule has 0 aliphatic rings. The number of carbonyl (C=O) groups excluding carboxylic acids is 1. The van der Waals surface area contributed by atoms with Crippen LogP contribution in [0.2, 0.25) is 5.02 Å². The van der Waals surface area contributed by atoms with Crippen LogP contribution in [0.15, 0.2) is 54.6 Å². The lowest BCUT2D eigenvalue weighted by molar-refractivity contribution is 0.0907. The number of rotatable bonds is 5. The number of halogens is 1. The van der Waals surface area contributed by atoms with Crippen LogP contribution in [-0.4, -0.2) is 30.6 Å². The third kappa shape index (κ3) is 3.98. The quantitative estimate of drug-likeness (QED) is 0.742. The van der Waals surface area contributed by atoms with Crippen molar-refractivity contribution >= 4 is 28.4 Å². The summed E-state index contributed by atoms with van der Waals surface area (Å²) in [6.45, 7) is 2.36. The molecule has 3 aromatic rings.